The fourth-order valence-corrected chi connectivity index (χ4v) is 4.98. The first-order valence-corrected chi connectivity index (χ1v) is 9.55. The van der Waals surface area contributed by atoms with Crippen molar-refractivity contribution in [2.45, 2.75) is 19.8 Å². The Morgan fingerprint density at radius 2 is 2.04 bits per heavy atom. The molecule has 8 nitrogen and oxygen atoms in total. The van der Waals surface area contributed by atoms with Crippen molar-refractivity contribution in [3.05, 3.63) is 40.0 Å². The lowest BCUT2D eigenvalue weighted by molar-refractivity contribution is 0.100. The van der Waals surface area contributed by atoms with Crippen LogP contribution in [0.15, 0.2) is 18.3 Å². The van der Waals surface area contributed by atoms with Gasteiger partial charge in [-0.05, 0) is 48.5 Å². The molecule has 138 valence electrons. The van der Waals surface area contributed by atoms with E-state index in [4.69, 9.17) is 20.9 Å². The van der Waals surface area contributed by atoms with E-state index in [1.54, 1.807) is 13.0 Å². The summed E-state index contributed by atoms with van der Waals surface area (Å²) in [5.74, 6) is 0.0887. The SMILES string of the molecule is Cc1nc(OC(N)=O)ccc1Oc1sc(C(N)=O)c2c1-c1sncc1CC2. The van der Waals surface area contributed by atoms with Crippen molar-refractivity contribution in [1.82, 2.24) is 9.36 Å². The molecule has 0 aromatic carbocycles. The van der Waals surface area contributed by atoms with Crippen LogP contribution in [0.1, 0.15) is 26.5 Å². The van der Waals surface area contributed by atoms with Crippen LogP contribution in [0.25, 0.3) is 10.4 Å². The number of hydrogen-bond donors (Lipinski definition) is 2. The summed E-state index contributed by atoms with van der Waals surface area (Å²) in [7, 11) is 0. The molecule has 10 heteroatoms. The zero-order chi connectivity index (χ0) is 19.1. The maximum absolute atomic E-state index is 11.9. The summed E-state index contributed by atoms with van der Waals surface area (Å²) >= 11 is 2.59. The molecule has 27 heavy (non-hydrogen) atoms. The van der Waals surface area contributed by atoms with Crippen molar-refractivity contribution in [2.75, 3.05) is 0 Å². The molecule has 0 aliphatic heterocycles. The number of aromatic nitrogens is 2. The number of fused-ring (bicyclic) bond motifs is 3. The van der Waals surface area contributed by atoms with Gasteiger partial charge in [0.1, 0.15) is 5.75 Å². The molecule has 2 amide bonds. The number of carbonyl (C=O) groups is 2. The van der Waals surface area contributed by atoms with E-state index in [9.17, 15) is 9.59 Å². The third-order valence-corrected chi connectivity index (χ3v) is 6.12. The summed E-state index contributed by atoms with van der Waals surface area (Å²) in [5, 5.41) is 0.567. The fourth-order valence-electron chi connectivity index (χ4n) is 2.98. The maximum Gasteiger partial charge on any atom is 0.411 e. The summed E-state index contributed by atoms with van der Waals surface area (Å²) < 4.78 is 15.1. The van der Waals surface area contributed by atoms with Crippen molar-refractivity contribution in [2.24, 2.45) is 11.5 Å². The van der Waals surface area contributed by atoms with Gasteiger partial charge in [-0.2, -0.15) is 0 Å². The Morgan fingerprint density at radius 3 is 2.74 bits per heavy atom. The Bertz CT molecular complexity index is 1070. The molecule has 1 aliphatic rings. The number of aryl methyl sites for hydroxylation is 2. The first-order valence-electron chi connectivity index (χ1n) is 7.96. The lowest BCUT2D eigenvalue weighted by Crippen LogP contribution is -2.17. The van der Waals surface area contributed by atoms with Crippen LogP contribution >= 0.6 is 22.9 Å². The van der Waals surface area contributed by atoms with Crippen molar-refractivity contribution < 1.29 is 19.1 Å². The average molecular weight is 402 g/mol. The number of nitrogens with zero attached hydrogens (tertiary/aromatic N) is 2. The second kappa shape index (κ2) is 6.63. The molecule has 0 saturated heterocycles. The number of primary amides is 2. The summed E-state index contributed by atoms with van der Waals surface area (Å²) in [6.45, 7) is 1.72. The topological polar surface area (TPSA) is 130 Å². The quantitative estimate of drug-likeness (QED) is 0.690. The first kappa shape index (κ1) is 17.4. The second-order valence-corrected chi connectivity index (χ2v) is 7.66. The Balaban J connectivity index is 1.76. The van der Waals surface area contributed by atoms with Crippen LogP contribution in [0.5, 0.6) is 16.7 Å². The lowest BCUT2D eigenvalue weighted by atomic mass is 9.93. The molecule has 0 atom stereocenters. The highest BCUT2D eigenvalue weighted by Gasteiger charge is 2.30. The van der Waals surface area contributed by atoms with E-state index >= 15 is 0 Å². The van der Waals surface area contributed by atoms with Gasteiger partial charge in [-0.3, -0.25) is 4.79 Å². The van der Waals surface area contributed by atoms with Crippen LogP contribution in [0, 0.1) is 6.92 Å². The number of rotatable bonds is 4. The van der Waals surface area contributed by atoms with E-state index in [1.807, 2.05) is 6.20 Å². The van der Waals surface area contributed by atoms with Crippen molar-refractivity contribution in [1.29, 1.82) is 0 Å². The molecule has 0 bridgehead atoms. The summed E-state index contributed by atoms with van der Waals surface area (Å²) in [6, 6.07) is 3.12. The summed E-state index contributed by atoms with van der Waals surface area (Å²) in [5.41, 5.74) is 14.0. The Labute approximate surface area is 161 Å². The monoisotopic (exact) mass is 402 g/mol. The van der Waals surface area contributed by atoms with Gasteiger partial charge < -0.3 is 20.9 Å². The highest BCUT2D eigenvalue weighted by molar-refractivity contribution is 7.17. The van der Waals surface area contributed by atoms with E-state index in [0.29, 0.717) is 27.8 Å². The molecular formula is C17H14N4O4S2. The third-order valence-electron chi connectivity index (χ3n) is 4.13. The molecule has 3 aromatic rings. The smallest absolute Gasteiger partial charge is 0.411 e. The largest absolute Gasteiger partial charge is 0.444 e. The van der Waals surface area contributed by atoms with Crippen LogP contribution in [0.2, 0.25) is 0 Å². The van der Waals surface area contributed by atoms with Crippen molar-refractivity contribution in [3.63, 3.8) is 0 Å². The Kier molecular flexibility index (Phi) is 4.28. The van der Waals surface area contributed by atoms with Crippen molar-refractivity contribution in [3.8, 4) is 27.1 Å². The van der Waals surface area contributed by atoms with Gasteiger partial charge in [0, 0.05) is 12.3 Å². The minimum Gasteiger partial charge on any atom is -0.444 e. The predicted molar refractivity (Wildman–Crippen MR) is 101 cm³/mol. The van der Waals surface area contributed by atoms with Gasteiger partial charge in [0.2, 0.25) is 5.88 Å². The molecule has 0 spiro atoms. The highest BCUT2D eigenvalue weighted by Crippen LogP contribution is 2.50. The van der Waals surface area contributed by atoms with Gasteiger partial charge in [-0.15, -0.1) is 0 Å². The van der Waals surface area contributed by atoms with Crippen LogP contribution in [0.4, 0.5) is 4.79 Å². The van der Waals surface area contributed by atoms with Crippen LogP contribution in [0.3, 0.4) is 0 Å². The number of carbonyl (C=O) groups excluding carboxylic acids is 2. The molecule has 4 rings (SSSR count). The third kappa shape index (κ3) is 3.13. The Hall–Kier alpha value is -2.98. The number of pyridine rings is 1. The van der Waals surface area contributed by atoms with Crippen LogP contribution in [-0.4, -0.2) is 21.4 Å². The number of hydrogen-bond acceptors (Lipinski definition) is 8. The van der Waals surface area contributed by atoms with Gasteiger partial charge in [0.15, 0.2) is 5.06 Å². The lowest BCUT2D eigenvalue weighted by Gasteiger charge is -2.14. The Morgan fingerprint density at radius 1 is 1.22 bits per heavy atom. The zero-order valence-corrected chi connectivity index (χ0v) is 15.8. The van der Waals surface area contributed by atoms with Gasteiger partial charge in [0.05, 0.1) is 21.0 Å². The number of thiophene rings is 1. The fraction of sp³-hybridized carbons (Fsp3) is 0.176. The van der Waals surface area contributed by atoms with Gasteiger partial charge in [-0.1, -0.05) is 11.3 Å². The van der Waals surface area contributed by atoms with E-state index in [2.05, 4.69) is 9.36 Å². The number of nitrogens with two attached hydrogens (primary N) is 2. The summed E-state index contributed by atoms with van der Waals surface area (Å²) in [4.78, 5) is 28.4. The maximum atomic E-state index is 11.9. The standard InChI is InChI=1S/C17H14N4O4S2/c1-7-10(4-5-11(21-7)25-17(19)23)24-16-12-9(14(26-16)15(18)22)3-2-8-6-20-27-13(8)12/h4-6H,2-3H2,1H3,(H2,18,22)(H2,19,23). The van der Waals surface area contributed by atoms with Gasteiger partial charge in [0.25, 0.3) is 5.91 Å². The van der Waals surface area contributed by atoms with E-state index < -0.39 is 12.0 Å². The molecular weight excluding hydrogens is 388 g/mol. The van der Waals surface area contributed by atoms with E-state index in [1.165, 1.54) is 28.9 Å². The number of amides is 2. The second-order valence-electron chi connectivity index (χ2n) is 5.87. The molecule has 0 unspecified atom stereocenters. The number of ether oxygens (including phenoxy) is 2. The minimum absolute atomic E-state index is 0.0862. The zero-order valence-electron chi connectivity index (χ0n) is 14.1. The first-order chi connectivity index (χ1) is 12.9. The summed E-state index contributed by atoms with van der Waals surface area (Å²) in [6.07, 6.45) is 2.43. The molecule has 0 saturated carbocycles. The normalized spacial score (nSPS) is 12.2. The molecule has 1 aliphatic carbocycles. The average Bonchev–Trinajstić information content (AvgIpc) is 3.20. The highest BCUT2D eigenvalue weighted by atomic mass is 32.1. The predicted octanol–water partition coefficient (Wildman–Crippen LogP) is 3.02. The van der Waals surface area contributed by atoms with Gasteiger partial charge in [-0.25, -0.2) is 14.2 Å². The molecule has 0 radical (unpaired) electrons. The molecule has 4 N–H and O–H groups in total. The molecule has 3 aromatic heterocycles. The van der Waals surface area contributed by atoms with Gasteiger partial charge >= 0.3 is 6.09 Å². The van der Waals surface area contributed by atoms with Crippen molar-refractivity contribution >= 4 is 34.9 Å². The van der Waals surface area contributed by atoms with Crippen LogP contribution < -0.4 is 20.9 Å². The molecule has 3 heterocycles. The van der Waals surface area contributed by atoms with E-state index in [0.717, 1.165) is 28.0 Å². The van der Waals surface area contributed by atoms with Crippen LogP contribution in [-0.2, 0) is 12.8 Å². The minimum atomic E-state index is -0.938. The van der Waals surface area contributed by atoms with E-state index in [-0.39, 0.29) is 5.88 Å². The molecule has 0 fully saturated rings.